The minimum atomic E-state index is -1.15. The number of nitrogens with zero attached hydrogens (tertiary/aromatic N) is 19. The zero-order valence-corrected chi connectivity index (χ0v) is 73.1. The molecule has 126 heavy (non-hydrogen) atoms. The average molecular weight is 1720 g/mol. The maximum Gasteiger partial charge on any atom is 0.318 e. The number of benzene rings is 6. The van der Waals surface area contributed by atoms with Gasteiger partial charge in [0.2, 0.25) is 23.6 Å². The van der Waals surface area contributed by atoms with E-state index >= 15 is 0 Å². The number of likely N-dealkylation sites (N-methyl/N-ethyl adjacent to an activating group) is 1. The van der Waals surface area contributed by atoms with Crippen LogP contribution in [0.5, 0.6) is 35.3 Å². The molecule has 29 nitrogen and oxygen atoms in total. The predicted octanol–water partition coefficient (Wildman–Crippen LogP) is 9.91. The molecular weight excluding hydrogens is 1600 g/mol. The second-order valence-corrected chi connectivity index (χ2v) is 34.9. The van der Waals surface area contributed by atoms with E-state index in [-0.39, 0.29) is 46.8 Å². The van der Waals surface area contributed by atoms with Crippen molar-refractivity contribution >= 4 is 90.5 Å². The molecule has 3 atom stereocenters. The number of aromatic hydroxyl groups is 3. The molecule has 18 rings (SSSR count). The molecule has 0 spiro atoms. The summed E-state index contributed by atoms with van der Waals surface area (Å²) in [7, 11) is 3.57. The molecule has 6 saturated heterocycles. The number of ether oxygens (including phenoxy) is 3. The molecule has 0 saturated carbocycles. The number of alkyl halides is 1. The van der Waals surface area contributed by atoms with Crippen LogP contribution in [0.1, 0.15) is 73.3 Å². The van der Waals surface area contributed by atoms with E-state index in [1.807, 2.05) is 88.7 Å². The Labute approximate surface area is 736 Å². The molecule has 9 aliphatic rings. The van der Waals surface area contributed by atoms with Crippen molar-refractivity contribution in [1.82, 2.24) is 64.2 Å². The molecule has 3 N–H and O–H groups in total. The molecule has 9 aromatic rings. The van der Waals surface area contributed by atoms with Crippen LogP contribution >= 0.6 is 0 Å². The van der Waals surface area contributed by atoms with Gasteiger partial charge in [-0.2, -0.15) is 29.9 Å². The van der Waals surface area contributed by atoms with Gasteiger partial charge in [0.25, 0.3) is 0 Å². The Balaban J connectivity index is 0.000000139. The fourth-order valence-electron chi connectivity index (χ4n) is 19.1. The van der Waals surface area contributed by atoms with Gasteiger partial charge < -0.3 is 83.4 Å². The van der Waals surface area contributed by atoms with Gasteiger partial charge in [-0.05, 0) is 124 Å². The Morgan fingerprint density at radius 3 is 1.18 bits per heavy atom. The smallest absolute Gasteiger partial charge is 0.318 e. The highest BCUT2D eigenvalue weighted by Crippen LogP contribution is 2.42. The molecule has 6 aromatic carbocycles. The fraction of sp³-hybridized carbons (Fsp3) is 0.458. The topological polar surface area (TPSA) is 276 Å². The first-order chi connectivity index (χ1) is 61.1. The van der Waals surface area contributed by atoms with Crippen molar-refractivity contribution in [3.05, 3.63) is 181 Å². The predicted molar refractivity (Wildman–Crippen MR) is 489 cm³/mol. The molecule has 6 fully saturated rings. The van der Waals surface area contributed by atoms with Crippen LogP contribution in [0.15, 0.2) is 147 Å². The Kier molecular flexibility index (Phi) is 27.1. The van der Waals surface area contributed by atoms with Crippen LogP contribution in [0.2, 0.25) is 0 Å². The number of fused-ring (bicyclic) bond motifs is 6. The normalized spacial score (nSPS) is 19.8. The summed E-state index contributed by atoms with van der Waals surface area (Å²) in [6.45, 7) is 35.1. The number of hydrogen-bond acceptors (Lipinski definition) is 25. The molecule has 4 amide bonds. The van der Waals surface area contributed by atoms with Crippen molar-refractivity contribution in [3.8, 4) is 35.3 Å². The average Bonchev–Trinajstić information content (AvgIpc) is 1.09. The lowest BCUT2D eigenvalue weighted by Crippen LogP contribution is -2.49. The van der Waals surface area contributed by atoms with Gasteiger partial charge >= 0.3 is 18.0 Å². The molecule has 0 radical (unpaired) electrons. The van der Waals surface area contributed by atoms with Gasteiger partial charge in [0.15, 0.2) is 0 Å². The number of hydrogen-bond donors (Lipinski definition) is 3. The number of carbonyl (C=O) groups is 4. The summed E-state index contributed by atoms with van der Waals surface area (Å²) in [6.07, 6.45) is 10.2. The zero-order chi connectivity index (χ0) is 87.7. The number of anilines is 6. The number of halogens is 1. The van der Waals surface area contributed by atoms with Gasteiger partial charge in [-0.3, -0.25) is 29.0 Å². The van der Waals surface area contributed by atoms with E-state index in [1.54, 1.807) is 43.0 Å². The maximum atomic E-state index is 14.3. The molecule has 3 aromatic heterocycles. The van der Waals surface area contributed by atoms with E-state index in [0.29, 0.717) is 175 Å². The molecule has 3 unspecified atom stereocenters. The summed E-state index contributed by atoms with van der Waals surface area (Å²) in [5.41, 5.74) is 7.92. The number of phenolic OH excluding ortho intramolecular Hbond substituents is 3. The van der Waals surface area contributed by atoms with Crippen LogP contribution < -0.4 is 43.6 Å². The highest BCUT2D eigenvalue weighted by Gasteiger charge is 2.37. The van der Waals surface area contributed by atoms with E-state index < -0.39 is 5.67 Å². The maximum absolute atomic E-state index is 14.3. The van der Waals surface area contributed by atoms with Crippen molar-refractivity contribution in [2.45, 2.75) is 84.1 Å². The molecule has 0 bridgehead atoms. The first-order valence-corrected chi connectivity index (χ1v) is 44.6. The first-order valence-electron chi connectivity index (χ1n) is 44.6. The van der Waals surface area contributed by atoms with Crippen molar-refractivity contribution in [2.24, 2.45) is 11.8 Å². The first kappa shape index (κ1) is 87.3. The second-order valence-electron chi connectivity index (χ2n) is 34.9. The summed E-state index contributed by atoms with van der Waals surface area (Å²) >= 11 is 0. The minimum Gasteiger partial charge on any atom is -0.508 e. The van der Waals surface area contributed by atoms with Gasteiger partial charge in [-0.1, -0.05) is 99.5 Å². The molecule has 30 heteroatoms. The van der Waals surface area contributed by atoms with E-state index in [1.165, 1.54) is 24.6 Å². The number of amides is 4. The van der Waals surface area contributed by atoms with Crippen LogP contribution in [-0.2, 0) is 58.1 Å². The summed E-state index contributed by atoms with van der Waals surface area (Å²) in [6, 6.07) is 36.3. The summed E-state index contributed by atoms with van der Waals surface area (Å²) in [4.78, 5) is 106. The number of aromatic nitrogens is 6. The van der Waals surface area contributed by atoms with E-state index in [4.69, 9.17) is 44.1 Å². The van der Waals surface area contributed by atoms with Gasteiger partial charge in [-0.15, -0.1) is 0 Å². The number of carbonyl (C=O) groups excluding carboxylic acids is 4. The van der Waals surface area contributed by atoms with Gasteiger partial charge in [0.1, 0.15) is 47.0 Å². The van der Waals surface area contributed by atoms with Crippen LogP contribution in [0, 0.1) is 11.8 Å². The Bertz CT molecular complexity index is 5480. The number of rotatable bonds is 23. The SMILES string of the molecule is C=CC(=O)N1CCN(c2nc(OCC3CCN(CC(=O)N(C)C)C3)nc3c2CCN(c2cc(O)cc4ccccc24)C3)CC1.C=CC(=O)N1CCN(c2nc(OCC3CCN(CCC)C3)nc3c2CCN(c2cc(O)cc4ccccc24)C3)CC1.C=CC(=O)N1CCN(c2nc(OCCN3CCC(C)(F)C3)nc3c2CCN(c2cc(O)cc4ccccc24)C3)CC1. The standard InChI is InChI=1S/C33H41N7O4.C32H40N6O3.C31H37FN6O3/c1-4-30(42)38-13-15-39(16-14-38)32-27-10-12-40(29-18-25(41)17-24-7-5-6-8-26(24)29)20-28(27)34-33(35-32)44-22-23-9-11-37(19-23)21-31(43)36(2)3;1-3-11-35-12-9-23(20-35)22-41-32-33-28-21-38(29-19-25(39)18-24-7-5-6-8-26(24)29)13-10-27(28)31(34-32)37-16-14-36(15-17-37)30(40)4-2;1-3-28(40)36-12-14-37(15-13-36)29-25-8-10-38(27-19-23(39)18-22-6-4-5-7-24(22)27)20-26(25)33-30(34-29)41-17-16-35-11-9-31(2,32)21-35/h4-8,17-18,23,41H,1,9-16,19-22H2,2-3H3;4-8,18-19,23,39H,2-3,9-17,20-22H2,1H3;3-7,18-19,39H,1,8-17,20-21H2,2H3. The number of piperazine rings is 3. The van der Waals surface area contributed by atoms with Crippen LogP contribution in [-0.4, -0.2) is 300 Å². The summed E-state index contributed by atoms with van der Waals surface area (Å²) in [5, 5.41) is 37.7. The van der Waals surface area contributed by atoms with Crippen molar-refractivity contribution < 1.29 is 53.1 Å². The van der Waals surface area contributed by atoms with Crippen molar-refractivity contribution in [2.75, 3.05) is 220 Å². The van der Waals surface area contributed by atoms with Gasteiger partial charge in [0, 0.05) is 225 Å². The third-order valence-electron chi connectivity index (χ3n) is 25.9. The van der Waals surface area contributed by atoms with Crippen LogP contribution in [0.25, 0.3) is 32.3 Å². The lowest BCUT2D eigenvalue weighted by atomic mass is 10.0. The Morgan fingerprint density at radius 1 is 0.460 bits per heavy atom. The Hall–Kier alpha value is -12.2. The quantitative estimate of drug-likeness (QED) is 0.0502. The summed E-state index contributed by atoms with van der Waals surface area (Å²) in [5.74, 6) is 4.13. The summed E-state index contributed by atoms with van der Waals surface area (Å²) < 4.78 is 33.0. The highest BCUT2D eigenvalue weighted by atomic mass is 19.1. The van der Waals surface area contributed by atoms with E-state index in [9.17, 15) is 38.9 Å². The molecule has 12 heterocycles. The van der Waals surface area contributed by atoms with E-state index in [2.05, 4.69) is 89.0 Å². The fourth-order valence-corrected chi connectivity index (χ4v) is 19.1. The minimum absolute atomic E-state index is 0.0268. The van der Waals surface area contributed by atoms with E-state index in [0.717, 1.165) is 185 Å². The van der Waals surface area contributed by atoms with Crippen LogP contribution in [0.4, 0.5) is 38.9 Å². The lowest BCUT2D eigenvalue weighted by Gasteiger charge is -2.38. The molecule has 9 aliphatic heterocycles. The highest BCUT2D eigenvalue weighted by molar-refractivity contribution is 5.98. The third-order valence-corrected chi connectivity index (χ3v) is 25.9. The van der Waals surface area contributed by atoms with Gasteiger partial charge in [-0.25, -0.2) is 4.39 Å². The lowest BCUT2D eigenvalue weighted by molar-refractivity contribution is -0.130. The monoisotopic (exact) mass is 1720 g/mol. The largest absolute Gasteiger partial charge is 0.508 e. The van der Waals surface area contributed by atoms with Crippen LogP contribution in [0.3, 0.4) is 0 Å². The number of phenols is 3. The van der Waals surface area contributed by atoms with Gasteiger partial charge in [0.05, 0.1) is 56.5 Å². The Morgan fingerprint density at radius 2 is 0.825 bits per heavy atom. The van der Waals surface area contributed by atoms with Crippen molar-refractivity contribution in [3.63, 3.8) is 0 Å². The zero-order valence-electron chi connectivity index (χ0n) is 73.1. The second kappa shape index (κ2) is 39.2. The van der Waals surface area contributed by atoms with Crippen molar-refractivity contribution in [1.29, 1.82) is 0 Å². The molecular formula is C96H118FN19O10. The third kappa shape index (κ3) is 20.4. The number of likely N-dealkylation sites (tertiary alicyclic amines) is 3. The molecule has 0 aliphatic carbocycles. The molecule has 664 valence electrons.